The fourth-order valence-electron chi connectivity index (χ4n) is 1.89. The van der Waals surface area contributed by atoms with E-state index in [0.717, 1.165) is 12.8 Å². The average molecular weight is 329 g/mol. The molecular weight excluding hydrogens is 316 g/mol. The first kappa shape index (κ1) is 14.0. The maximum absolute atomic E-state index is 12.3. The summed E-state index contributed by atoms with van der Waals surface area (Å²) in [5, 5.41) is 19.6. The number of carbonyl (C=O) groups is 1. The highest BCUT2D eigenvalue weighted by Crippen LogP contribution is 2.30. The number of hydrogen-bond donors (Lipinski definition) is 1. The van der Waals surface area contributed by atoms with Gasteiger partial charge in [0.25, 0.3) is 11.6 Å². The highest BCUT2D eigenvalue weighted by atomic mass is 79.9. The van der Waals surface area contributed by atoms with Crippen LogP contribution >= 0.6 is 15.9 Å². The van der Waals surface area contributed by atoms with E-state index >= 15 is 0 Å². The van der Waals surface area contributed by atoms with Crippen molar-refractivity contribution >= 4 is 27.5 Å². The smallest absolute Gasteiger partial charge is 0.270 e. The minimum absolute atomic E-state index is 0.0662. The van der Waals surface area contributed by atoms with Gasteiger partial charge in [-0.25, -0.2) is 0 Å². The zero-order valence-corrected chi connectivity index (χ0v) is 11.7. The molecule has 0 aliphatic heterocycles. The number of nitrogens with zero attached hydrogens (tertiary/aromatic N) is 2. The van der Waals surface area contributed by atoms with E-state index in [9.17, 15) is 14.9 Å². The zero-order chi connectivity index (χ0) is 14.0. The number of hydrogen-bond acceptors (Lipinski definition) is 4. The number of nitro groups is 1. The first-order chi connectivity index (χ1) is 9.04. The summed E-state index contributed by atoms with van der Waals surface area (Å²) in [5.74, 6) is -0.210. The van der Waals surface area contributed by atoms with Gasteiger partial charge < -0.3 is 10.0 Å². The van der Waals surface area contributed by atoms with Crippen molar-refractivity contribution in [3.63, 3.8) is 0 Å². The summed E-state index contributed by atoms with van der Waals surface area (Å²) in [7, 11) is 0. The summed E-state index contributed by atoms with van der Waals surface area (Å²) in [6.45, 7) is 0.194. The number of aliphatic hydroxyl groups excluding tert-OH is 1. The Bertz CT molecular complexity index is 516. The summed E-state index contributed by atoms with van der Waals surface area (Å²) >= 11 is 3.19. The summed E-state index contributed by atoms with van der Waals surface area (Å²) < 4.78 is 0.398. The predicted molar refractivity (Wildman–Crippen MR) is 71.9 cm³/mol. The molecule has 0 saturated heterocycles. The van der Waals surface area contributed by atoms with E-state index in [0.29, 0.717) is 10.0 Å². The van der Waals surface area contributed by atoms with Gasteiger partial charge in [-0.05, 0) is 34.8 Å². The van der Waals surface area contributed by atoms with E-state index in [2.05, 4.69) is 15.9 Å². The standard InChI is InChI=1S/C12H13BrN2O4/c13-11-7-9(15(18)19)3-4-10(11)12(17)14(5-6-16)8-1-2-8/h3-4,7-8,16H,1-2,5-6H2. The summed E-state index contributed by atoms with van der Waals surface area (Å²) in [6.07, 6.45) is 1.88. The molecule has 7 heteroatoms. The van der Waals surface area contributed by atoms with Crippen LogP contribution in [0, 0.1) is 10.1 Å². The van der Waals surface area contributed by atoms with Gasteiger partial charge in [-0.3, -0.25) is 14.9 Å². The summed E-state index contributed by atoms with van der Waals surface area (Å²) in [4.78, 5) is 24.1. The van der Waals surface area contributed by atoms with Gasteiger partial charge in [0.15, 0.2) is 0 Å². The molecule has 1 aliphatic rings. The van der Waals surface area contributed by atoms with Crippen LogP contribution in [0.4, 0.5) is 5.69 Å². The fourth-order valence-corrected chi connectivity index (χ4v) is 2.43. The fraction of sp³-hybridized carbons (Fsp3) is 0.417. The second-order valence-corrected chi connectivity index (χ2v) is 5.23. The second-order valence-electron chi connectivity index (χ2n) is 4.37. The van der Waals surface area contributed by atoms with Crippen molar-refractivity contribution in [1.82, 2.24) is 4.90 Å². The Balaban J connectivity index is 2.24. The van der Waals surface area contributed by atoms with E-state index in [-0.39, 0.29) is 30.8 Å². The van der Waals surface area contributed by atoms with Crippen molar-refractivity contribution in [2.75, 3.05) is 13.2 Å². The molecule has 2 rings (SSSR count). The highest BCUT2D eigenvalue weighted by Gasteiger charge is 2.33. The van der Waals surface area contributed by atoms with Crippen LogP contribution in [-0.2, 0) is 0 Å². The maximum atomic E-state index is 12.3. The molecule has 102 valence electrons. The second kappa shape index (κ2) is 5.66. The first-order valence-corrected chi connectivity index (χ1v) is 6.69. The molecule has 0 spiro atoms. The Morgan fingerprint density at radius 2 is 2.21 bits per heavy atom. The molecule has 0 atom stereocenters. The number of halogens is 1. The predicted octanol–water partition coefficient (Wildman–Crippen LogP) is 1.95. The van der Waals surface area contributed by atoms with E-state index in [1.54, 1.807) is 4.90 Å². The minimum atomic E-state index is -0.509. The lowest BCUT2D eigenvalue weighted by atomic mass is 10.1. The van der Waals surface area contributed by atoms with Crippen LogP contribution < -0.4 is 0 Å². The Hall–Kier alpha value is -1.47. The van der Waals surface area contributed by atoms with Gasteiger partial charge in [-0.15, -0.1) is 0 Å². The highest BCUT2D eigenvalue weighted by molar-refractivity contribution is 9.10. The molecule has 0 unspecified atom stereocenters. The molecule has 19 heavy (non-hydrogen) atoms. The zero-order valence-electron chi connectivity index (χ0n) is 10.1. The van der Waals surface area contributed by atoms with Crippen LogP contribution in [-0.4, -0.2) is 40.0 Å². The third-order valence-electron chi connectivity index (χ3n) is 2.98. The van der Waals surface area contributed by atoms with Gasteiger partial charge >= 0.3 is 0 Å². The normalized spacial score (nSPS) is 14.2. The molecule has 1 aromatic carbocycles. The van der Waals surface area contributed by atoms with Crippen LogP contribution in [0.3, 0.4) is 0 Å². The van der Waals surface area contributed by atoms with Gasteiger partial charge in [0.05, 0.1) is 17.1 Å². The number of non-ortho nitro benzene ring substituents is 1. The third-order valence-corrected chi connectivity index (χ3v) is 3.64. The molecule has 0 radical (unpaired) electrons. The van der Waals surface area contributed by atoms with Crippen molar-refractivity contribution in [3.8, 4) is 0 Å². The number of nitro benzene ring substituents is 1. The lowest BCUT2D eigenvalue weighted by Gasteiger charge is -2.21. The van der Waals surface area contributed by atoms with E-state index in [4.69, 9.17) is 5.11 Å². The Labute approximate surface area is 118 Å². The number of amides is 1. The van der Waals surface area contributed by atoms with Crippen LogP contribution in [0.15, 0.2) is 22.7 Å². The van der Waals surface area contributed by atoms with Crippen LogP contribution in [0.5, 0.6) is 0 Å². The monoisotopic (exact) mass is 328 g/mol. The van der Waals surface area contributed by atoms with Gasteiger partial charge in [-0.1, -0.05) is 0 Å². The molecule has 0 aromatic heterocycles. The maximum Gasteiger partial charge on any atom is 0.270 e. The van der Waals surface area contributed by atoms with E-state index in [1.165, 1.54) is 18.2 Å². The van der Waals surface area contributed by atoms with Crippen molar-refractivity contribution in [2.45, 2.75) is 18.9 Å². The summed E-state index contributed by atoms with van der Waals surface area (Å²) in [5.41, 5.74) is 0.314. The SMILES string of the molecule is O=C(c1ccc([N+](=O)[O-])cc1Br)N(CCO)C1CC1. The van der Waals surface area contributed by atoms with Crippen molar-refractivity contribution < 1.29 is 14.8 Å². The van der Waals surface area contributed by atoms with Crippen molar-refractivity contribution in [2.24, 2.45) is 0 Å². The molecule has 1 saturated carbocycles. The Kier molecular flexibility index (Phi) is 4.16. The van der Waals surface area contributed by atoms with Crippen LogP contribution in [0.1, 0.15) is 23.2 Å². The first-order valence-electron chi connectivity index (χ1n) is 5.90. The van der Waals surface area contributed by atoms with Gasteiger partial charge in [0.1, 0.15) is 0 Å². The molecule has 0 heterocycles. The summed E-state index contributed by atoms with van der Waals surface area (Å²) in [6, 6.07) is 4.25. The van der Waals surface area contributed by atoms with Crippen molar-refractivity contribution in [3.05, 3.63) is 38.3 Å². The van der Waals surface area contributed by atoms with E-state index in [1.807, 2.05) is 0 Å². The van der Waals surface area contributed by atoms with Crippen molar-refractivity contribution in [1.29, 1.82) is 0 Å². The number of aliphatic hydroxyl groups is 1. The topological polar surface area (TPSA) is 83.7 Å². The number of benzene rings is 1. The minimum Gasteiger partial charge on any atom is -0.395 e. The number of rotatable bonds is 5. The van der Waals surface area contributed by atoms with Gasteiger partial charge in [0, 0.05) is 29.2 Å². The molecule has 6 nitrogen and oxygen atoms in total. The molecule has 1 amide bonds. The van der Waals surface area contributed by atoms with E-state index < -0.39 is 4.92 Å². The molecular formula is C12H13BrN2O4. The molecule has 1 fully saturated rings. The lowest BCUT2D eigenvalue weighted by Crippen LogP contribution is -2.35. The van der Waals surface area contributed by atoms with Crippen LogP contribution in [0.2, 0.25) is 0 Å². The largest absolute Gasteiger partial charge is 0.395 e. The van der Waals surface area contributed by atoms with Gasteiger partial charge in [0.2, 0.25) is 0 Å². The van der Waals surface area contributed by atoms with Gasteiger partial charge in [-0.2, -0.15) is 0 Å². The Morgan fingerprint density at radius 3 is 2.68 bits per heavy atom. The molecule has 1 N–H and O–H groups in total. The van der Waals surface area contributed by atoms with Crippen LogP contribution in [0.25, 0.3) is 0 Å². The Morgan fingerprint density at radius 1 is 1.53 bits per heavy atom. The quantitative estimate of drug-likeness (QED) is 0.661. The molecule has 0 bridgehead atoms. The number of carbonyl (C=O) groups excluding carboxylic acids is 1. The molecule has 1 aliphatic carbocycles. The third kappa shape index (κ3) is 3.10. The lowest BCUT2D eigenvalue weighted by molar-refractivity contribution is -0.384. The molecule has 1 aromatic rings. The average Bonchev–Trinajstić information content (AvgIpc) is 3.19.